The number of piperazine rings is 1. The van der Waals surface area contributed by atoms with Crippen molar-refractivity contribution in [1.29, 1.82) is 0 Å². The highest BCUT2D eigenvalue weighted by Crippen LogP contribution is 2.31. The Morgan fingerprint density at radius 1 is 1.25 bits per heavy atom. The molecule has 0 aromatic rings. The lowest BCUT2D eigenvalue weighted by Crippen LogP contribution is -2.62. The Hall–Kier alpha value is -0.610. The first-order chi connectivity index (χ1) is 7.65. The maximum absolute atomic E-state index is 12.1. The maximum Gasteiger partial charge on any atom is 0.242 e. The standard InChI is InChI=1S/C12H23N3O/c1-2-6-14-7-9-15(10-8-14)11(16)12(13)4-3-5-12/h2-10,13H2,1H3. The molecule has 0 unspecified atom stereocenters. The Labute approximate surface area is 97.8 Å². The van der Waals surface area contributed by atoms with Crippen LogP contribution in [-0.2, 0) is 4.79 Å². The van der Waals surface area contributed by atoms with Crippen molar-refractivity contribution in [2.24, 2.45) is 5.73 Å². The summed E-state index contributed by atoms with van der Waals surface area (Å²) in [6, 6.07) is 0. The minimum absolute atomic E-state index is 0.190. The SMILES string of the molecule is CCCN1CCN(C(=O)C2(N)CCC2)CC1. The van der Waals surface area contributed by atoms with Gasteiger partial charge in [0.1, 0.15) is 0 Å². The van der Waals surface area contributed by atoms with E-state index < -0.39 is 5.54 Å². The Bertz CT molecular complexity index is 255. The van der Waals surface area contributed by atoms with Crippen LogP contribution in [0.4, 0.5) is 0 Å². The highest BCUT2D eigenvalue weighted by molar-refractivity contribution is 5.87. The van der Waals surface area contributed by atoms with Crippen molar-refractivity contribution in [3.63, 3.8) is 0 Å². The van der Waals surface area contributed by atoms with Gasteiger partial charge in [0.2, 0.25) is 5.91 Å². The molecular formula is C12H23N3O. The van der Waals surface area contributed by atoms with E-state index in [1.165, 1.54) is 6.42 Å². The fourth-order valence-corrected chi connectivity index (χ4v) is 2.58. The van der Waals surface area contributed by atoms with Gasteiger partial charge in [-0.25, -0.2) is 0 Å². The van der Waals surface area contributed by atoms with Gasteiger partial charge in [-0.3, -0.25) is 9.69 Å². The molecule has 0 bridgehead atoms. The zero-order chi connectivity index (χ0) is 11.6. The summed E-state index contributed by atoms with van der Waals surface area (Å²) in [6.07, 6.45) is 4.05. The highest BCUT2D eigenvalue weighted by atomic mass is 16.2. The summed E-state index contributed by atoms with van der Waals surface area (Å²) >= 11 is 0. The average molecular weight is 225 g/mol. The van der Waals surface area contributed by atoms with E-state index in [9.17, 15) is 4.79 Å². The molecule has 92 valence electrons. The van der Waals surface area contributed by atoms with Crippen LogP contribution >= 0.6 is 0 Å². The van der Waals surface area contributed by atoms with Crippen molar-refractivity contribution >= 4 is 5.91 Å². The number of nitrogens with zero attached hydrogens (tertiary/aromatic N) is 2. The van der Waals surface area contributed by atoms with Gasteiger partial charge in [0.05, 0.1) is 5.54 Å². The van der Waals surface area contributed by atoms with Crippen LogP contribution < -0.4 is 5.73 Å². The van der Waals surface area contributed by atoms with Gasteiger partial charge >= 0.3 is 0 Å². The topological polar surface area (TPSA) is 49.6 Å². The number of nitrogens with two attached hydrogens (primary N) is 1. The molecule has 0 atom stereocenters. The van der Waals surface area contributed by atoms with Crippen LogP contribution in [-0.4, -0.2) is 54.0 Å². The van der Waals surface area contributed by atoms with Gasteiger partial charge in [0.25, 0.3) is 0 Å². The molecule has 1 amide bonds. The van der Waals surface area contributed by atoms with E-state index in [1.54, 1.807) is 0 Å². The van der Waals surface area contributed by atoms with Crippen LogP contribution in [0.2, 0.25) is 0 Å². The van der Waals surface area contributed by atoms with Crippen molar-refractivity contribution in [3.05, 3.63) is 0 Å². The molecule has 2 aliphatic rings. The molecule has 0 aromatic carbocycles. The normalized spacial score (nSPS) is 25.2. The maximum atomic E-state index is 12.1. The monoisotopic (exact) mass is 225 g/mol. The summed E-state index contributed by atoms with van der Waals surface area (Å²) in [6.45, 7) is 7.08. The summed E-state index contributed by atoms with van der Waals surface area (Å²) < 4.78 is 0. The van der Waals surface area contributed by atoms with Crippen molar-refractivity contribution in [2.75, 3.05) is 32.7 Å². The molecule has 2 N–H and O–H groups in total. The van der Waals surface area contributed by atoms with Crippen LogP contribution in [0.15, 0.2) is 0 Å². The molecule has 4 nitrogen and oxygen atoms in total. The molecule has 2 rings (SSSR count). The highest BCUT2D eigenvalue weighted by Gasteiger charge is 2.43. The van der Waals surface area contributed by atoms with Crippen molar-refractivity contribution in [3.8, 4) is 0 Å². The van der Waals surface area contributed by atoms with E-state index >= 15 is 0 Å². The first kappa shape index (κ1) is 11.9. The molecule has 0 spiro atoms. The number of carbonyl (C=O) groups is 1. The lowest BCUT2D eigenvalue weighted by atomic mass is 9.76. The summed E-state index contributed by atoms with van der Waals surface area (Å²) in [5.41, 5.74) is 5.56. The fraction of sp³-hybridized carbons (Fsp3) is 0.917. The summed E-state index contributed by atoms with van der Waals surface area (Å²) in [5, 5.41) is 0. The number of hydrogen-bond donors (Lipinski definition) is 1. The average Bonchev–Trinajstić information content (AvgIpc) is 2.26. The zero-order valence-corrected chi connectivity index (χ0v) is 10.2. The molecule has 1 saturated carbocycles. The van der Waals surface area contributed by atoms with Gasteiger partial charge in [-0.1, -0.05) is 6.92 Å². The molecular weight excluding hydrogens is 202 g/mol. The smallest absolute Gasteiger partial charge is 0.242 e. The Kier molecular flexibility index (Phi) is 3.50. The van der Waals surface area contributed by atoms with Gasteiger partial charge in [-0.2, -0.15) is 0 Å². The van der Waals surface area contributed by atoms with Gasteiger partial charge in [-0.05, 0) is 32.2 Å². The summed E-state index contributed by atoms with van der Waals surface area (Å²) in [5.74, 6) is 0.190. The van der Waals surface area contributed by atoms with E-state index in [2.05, 4.69) is 11.8 Å². The first-order valence-corrected chi connectivity index (χ1v) is 6.46. The van der Waals surface area contributed by atoms with Gasteiger partial charge in [0, 0.05) is 26.2 Å². The van der Waals surface area contributed by atoms with E-state index in [0.717, 1.165) is 52.0 Å². The molecule has 16 heavy (non-hydrogen) atoms. The Balaban J connectivity index is 1.82. The number of amides is 1. The minimum Gasteiger partial charge on any atom is -0.339 e. The van der Waals surface area contributed by atoms with E-state index in [4.69, 9.17) is 5.73 Å². The number of hydrogen-bond acceptors (Lipinski definition) is 3. The third-order valence-corrected chi connectivity index (χ3v) is 3.87. The lowest BCUT2D eigenvalue weighted by Gasteiger charge is -2.43. The fourth-order valence-electron chi connectivity index (χ4n) is 2.58. The van der Waals surface area contributed by atoms with Crippen LogP contribution in [0.5, 0.6) is 0 Å². The summed E-state index contributed by atoms with van der Waals surface area (Å²) in [4.78, 5) is 16.5. The van der Waals surface area contributed by atoms with Gasteiger partial charge < -0.3 is 10.6 Å². The van der Waals surface area contributed by atoms with Gasteiger partial charge in [0.15, 0.2) is 0 Å². The van der Waals surface area contributed by atoms with Crippen LogP contribution in [0, 0.1) is 0 Å². The second-order valence-corrected chi connectivity index (χ2v) is 5.14. The van der Waals surface area contributed by atoms with Crippen molar-refractivity contribution < 1.29 is 4.79 Å². The second-order valence-electron chi connectivity index (χ2n) is 5.14. The van der Waals surface area contributed by atoms with Crippen LogP contribution in [0.3, 0.4) is 0 Å². The number of carbonyl (C=O) groups excluding carboxylic acids is 1. The molecule has 0 radical (unpaired) electrons. The van der Waals surface area contributed by atoms with E-state index in [1.807, 2.05) is 4.90 Å². The predicted octanol–water partition coefficient (Wildman–Crippen LogP) is 0.422. The first-order valence-electron chi connectivity index (χ1n) is 6.46. The summed E-state index contributed by atoms with van der Waals surface area (Å²) in [7, 11) is 0. The van der Waals surface area contributed by atoms with Crippen molar-refractivity contribution in [1.82, 2.24) is 9.80 Å². The van der Waals surface area contributed by atoms with Crippen LogP contribution in [0.25, 0.3) is 0 Å². The third-order valence-electron chi connectivity index (χ3n) is 3.87. The molecule has 1 heterocycles. The van der Waals surface area contributed by atoms with Gasteiger partial charge in [-0.15, -0.1) is 0 Å². The predicted molar refractivity (Wildman–Crippen MR) is 64.1 cm³/mol. The minimum atomic E-state index is -0.507. The van der Waals surface area contributed by atoms with E-state index in [-0.39, 0.29) is 5.91 Å². The molecule has 4 heteroatoms. The van der Waals surface area contributed by atoms with Crippen molar-refractivity contribution in [2.45, 2.75) is 38.1 Å². The molecule has 1 saturated heterocycles. The lowest BCUT2D eigenvalue weighted by molar-refractivity contribution is -0.141. The largest absolute Gasteiger partial charge is 0.339 e. The Morgan fingerprint density at radius 2 is 1.88 bits per heavy atom. The quantitative estimate of drug-likeness (QED) is 0.757. The molecule has 0 aromatic heterocycles. The Morgan fingerprint density at radius 3 is 2.31 bits per heavy atom. The molecule has 1 aliphatic heterocycles. The number of rotatable bonds is 3. The molecule has 2 fully saturated rings. The second kappa shape index (κ2) is 4.72. The van der Waals surface area contributed by atoms with E-state index in [0.29, 0.717) is 0 Å². The zero-order valence-electron chi connectivity index (χ0n) is 10.2. The third kappa shape index (κ3) is 2.23. The van der Waals surface area contributed by atoms with Crippen LogP contribution in [0.1, 0.15) is 32.6 Å². The molecule has 1 aliphatic carbocycles.